The van der Waals surface area contributed by atoms with E-state index >= 15 is 0 Å². The molecular weight excluding hydrogens is 625 g/mol. The minimum Gasteiger partial charge on any atom is -0.493 e. The van der Waals surface area contributed by atoms with Gasteiger partial charge in [0.25, 0.3) is 16.8 Å². The molecule has 12 heteroatoms. The molecule has 0 saturated carbocycles. The van der Waals surface area contributed by atoms with Gasteiger partial charge in [-0.3, -0.25) is 29.4 Å². The Bertz CT molecular complexity index is 1430. The second kappa shape index (κ2) is 12.1. The third kappa shape index (κ3) is 6.69. The van der Waals surface area contributed by atoms with Crippen molar-refractivity contribution in [1.29, 1.82) is 0 Å². The standard InChI is InChI=1S/C26H20IN3O7S/c1-36-22-12-17(4-11-21(22)37-15-16-2-9-20(10-3-16)30(34)35)13-23-25(32)29(26(33)38-23)14-24(31)28-19-7-5-18(27)6-8-19/h2-13H,14-15H2,1H3,(H,28,31)/b23-13-. The first kappa shape index (κ1) is 27.1. The molecule has 0 spiro atoms. The molecule has 0 aromatic heterocycles. The second-order valence-corrected chi connectivity index (χ2v) is 10.2. The highest BCUT2D eigenvalue weighted by atomic mass is 127. The lowest BCUT2D eigenvalue weighted by Gasteiger charge is -2.13. The number of imide groups is 1. The summed E-state index contributed by atoms with van der Waals surface area (Å²) in [5.41, 5.74) is 1.90. The SMILES string of the molecule is COc1cc(/C=C2\SC(=O)N(CC(=O)Nc3ccc(I)cc3)C2=O)ccc1OCc1ccc([N+](=O)[O-])cc1. The molecule has 10 nitrogen and oxygen atoms in total. The number of nitrogens with zero attached hydrogens (tertiary/aromatic N) is 2. The fourth-order valence-electron chi connectivity index (χ4n) is 3.43. The van der Waals surface area contributed by atoms with E-state index in [2.05, 4.69) is 27.9 Å². The molecule has 1 heterocycles. The van der Waals surface area contributed by atoms with Gasteiger partial charge in [-0.05, 0) is 100 Å². The van der Waals surface area contributed by atoms with Crippen LogP contribution in [0.4, 0.5) is 16.2 Å². The van der Waals surface area contributed by atoms with Crippen LogP contribution >= 0.6 is 34.4 Å². The van der Waals surface area contributed by atoms with Crippen molar-refractivity contribution in [2.75, 3.05) is 19.0 Å². The van der Waals surface area contributed by atoms with Gasteiger partial charge < -0.3 is 14.8 Å². The first-order valence-corrected chi connectivity index (χ1v) is 13.0. The lowest BCUT2D eigenvalue weighted by atomic mass is 10.1. The predicted molar refractivity (Wildman–Crippen MR) is 151 cm³/mol. The number of halogens is 1. The molecule has 0 aliphatic carbocycles. The van der Waals surface area contributed by atoms with Crippen molar-refractivity contribution in [3.8, 4) is 11.5 Å². The van der Waals surface area contributed by atoms with Crippen LogP contribution in [0.2, 0.25) is 0 Å². The molecule has 1 saturated heterocycles. The van der Waals surface area contributed by atoms with Crippen molar-refractivity contribution in [2.24, 2.45) is 0 Å². The van der Waals surface area contributed by atoms with Crippen molar-refractivity contribution in [3.63, 3.8) is 0 Å². The Morgan fingerprint density at radius 1 is 1.08 bits per heavy atom. The molecule has 3 aromatic carbocycles. The number of nitrogens with one attached hydrogen (secondary N) is 1. The van der Waals surface area contributed by atoms with E-state index in [1.165, 1.54) is 19.2 Å². The summed E-state index contributed by atoms with van der Waals surface area (Å²) in [6.07, 6.45) is 1.55. The van der Waals surface area contributed by atoms with E-state index in [0.29, 0.717) is 22.7 Å². The van der Waals surface area contributed by atoms with Crippen LogP contribution in [0, 0.1) is 13.7 Å². The molecule has 3 amide bonds. The summed E-state index contributed by atoms with van der Waals surface area (Å²) in [7, 11) is 1.47. The lowest BCUT2D eigenvalue weighted by molar-refractivity contribution is -0.384. The molecule has 1 fully saturated rings. The number of rotatable bonds is 9. The largest absolute Gasteiger partial charge is 0.493 e. The van der Waals surface area contributed by atoms with E-state index in [1.807, 2.05) is 12.1 Å². The molecular formula is C26H20IN3O7S. The topological polar surface area (TPSA) is 128 Å². The zero-order valence-corrected chi connectivity index (χ0v) is 22.9. The quantitative estimate of drug-likeness (QED) is 0.141. The van der Waals surface area contributed by atoms with Gasteiger partial charge in [-0.2, -0.15) is 0 Å². The monoisotopic (exact) mass is 645 g/mol. The Hall–Kier alpha value is -3.91. The number of nitro groups is 1. The summed E-state index contributed by atoms with van der Waals surface area (Å²) in [5, 5.41) is 12.9. The fraction of sp³-hybridized carbons (Fsp3) is 0.115. The summed E-state index contributed by atoms with van der Waals surface area (Å²) in [6, 6.07) is 18.2. The molecule has 3 aromatic rings. The summed E-state index contributed by atoms with van der Waals surface area (Å²) in [5.74, 6) is -0.207. The highest BCUT2D eigenvalue weighted by Gasteiger charge is 2.36. The second-order valence-electron chi connectivity index (χ2n) is 7.95. The number of non-ortho nitro benzene ring substituents is 1. The Morgan fingerprint density at radius 2 is 1.79 bits per heavy atom. The molecule has 0 bridgehead atoms. The normalized spacial score (nSPS) is 14.1. The van der Waals surface area contributed by atoms with Crippen LogP contribution in [0.1, 0.15) is 11.1 Å². The van der Waals surface area contributed by atoms with Crippen LogP contribution in [-0.2, 0) is 16.2 Å². The Labute approximate surface area is 235 Å². The van der Waals surface area contributed by atoms with Gasteiger partial charge in [0.1, 0.15) is 13.2 Å². The van der Waals surface area contributed by atoms with Gasteiger partial charge in [0.2, 0.25) is 5.91 Å². The van der Waals surface area contributed by atoms with E-state index in [0.717, 1.165) is 25.8 Å². The Morgan fingerprint density at radius 3 is 2.45 bits per heavy atom. The molecule has 0 radical (unpaired) electrons. The number of benzene rings is 3. The van der Waals surface area contributed by atoms with E-state index in [4.69, 9.17) is 9.47 Å². The van der Waals surface area contributed by atoms with Gasteiger partial charge >= 0.3 is 0 Å². The molecule has 1 N–H and O–H groups in total. The van der Waals surface area contributed by atoms with Crippen LogP contribution in [0.15, 0.2) is 71.6 Å². The number of anilines is 1. The number of methoxy groups -OCH3 is 1. The molecule has 1 aliphatic heterocycles. The molecule has 0 unspecified atom stereocenters. The zero-order chi connectivity index (χ0) is 27.2. The van der Waals surface area contributed by atoms with Crippen molar-refractivity contribution in [2.45, 2.75) is 6.61 Å². The highest BCUT2D eigenvalue weighted by Crippen LogP contribution is 2.35. The number of carbonyl (C=O) groups is 3. The zero-order valence-electron chi connectivity index (χ0n) is 19.9. The third-order valence-corrected chi connectivity index (χ3v) is 6.96. The first-order chi connectivity index (χ1) is 18.2. The molecule has 1 aliphatic rings. The minimum atomic E-state index is -0.560. The summed E-state index contributed by atoms with van der Waals surface area (Å²) < 4.78 is 12.2. The predicted octanol–water partition coefficient (Wildman–Crippen LogP) is 5.46. The van der Waals surface area contributed by atoms with Crippen LogP contribution in [0.3, 0.4) is 0 Å². The van der Waals surface area contributed by atoms with Crippen molar-refractivity contribution in [3.05, 3.63) is 96.4 Å². The van der Waals surface area contributed by atoms with Gasteiger partial charge in [0.05, 0.1) is 16.9 Å². The smallest absolute Gasteiger partial charge is 0.294 e. The maximum atomic E-state index is 12.8. The number of thioether (sulfide) groups is 1. The van der Waals surface area contributed by atoms with Crippen LogP contribution in [0.5, 0.6) is 11.5 Å². The maximum Gasteiger partial charge on any atom is 0.294 e. The molecule has 0 atom stereocenters. The van der Waals surface area contributed by atoms with Crippen LogP contribution < -0.4 is 14.8 Å². The summed E-state index contributed by atoms with van der Waals surface area (Å²) >= 11 is 2.90. The van der Waals surface area contributed by atoms with Crippen molar-refractivity contribution in [1.82, 2.24) is 4.90 Å². The fourth-order valence-corrected chi connectivity index (χ4v) is 4.63. The molecule has 194 valence electrons. The van der Waals surface area contributed by atoms with Crippen molar-refractivity contribution < 1.29 is 28.8 Å². The van der Waals surface area contributed by atoms with E-state index in [-0.39, 0.29) is 17.2 Å². The molecule has 4 rings (SSSR count). The van der Waals surface area contributed by atoms with Gasteiger partial charge in [-0.1, -0.05) is 6.07 Å². The lowest BCUT2D eigenvalue weighted by Crippen LogP contribution is -2.36. The molecule has 38 heavy (non-hydrogen) atoms. The van der Waals surface area contributed by atoms with E-state index in [1.54, 1.807) is 48.5 Å². The average Bonchev–Trinajstić information content (AvgIpc) is 3.16. The summed E-state index contributed by atoms with van der Waals surface area (Å²) in [4.78, 5) is 49.1. The first-order valence-electron chi connectivity index (χ1n) is 11.1. The third-order valence-electron chi connectivity index (χ3n) is 5.33. The summed E-state index contributed by atoms with van der Waals surface area (Å²) in [6.45, 7) is -0.233. The van der Waals surface area contributed by atoms with Crippen LogP contribution in [-0.4, -0.2) is 40.5 Å². The van der Waals surface area contributed by atoms with E-state index in [9.17, 15) is 24.5 Å². The number of hydrogen-bond acceptors (Lipinski definition) is 8. The Balaban J connectivity index is 1.41. The maximum absolute atomic E-state index is 12.8. The number of amides is 3. The number of nitro benzene ring substituents is 1. The van der Waals surface area contributed by atoms with Gasteiger partial charge in [0.15, 0.2) is 11.5 Å². The van der Waals surface area contributed by atoms with Gasteiger partial charge in [-0.25, -0.2) is 0 Å². The average molecular weight is 645 g/mol. The number of hydrogen-bond donors (Lipinski definition) is 1. The van der Waals surface area contributed by atoms with Gasteiger partial charge in [-0.15, -0.1) is 0 Å². The van der Waals surface area contributed by atoms with Gasteiger partial charge in [0, 0.05) is 21.4 Å². The van der Waals surface area contributed by atoms with Crippen LogP contribution in [0.25, 0.3) is 6.08 Å². The number of carbonyl (C=O) groups excluding carboxylic acids is 3. The minimum absolute atomic E-state index is 0.00766. The number of ether oxygens (including phenoxy) is 2. The van der Waals surface area contributed by atoms with Crippen molar-refractivity contribution >= 4 is 68.9 Å². The Kier molecular flexibility index (Phi) is 8.63. The van der Waals surface area contributed by atoms with E-state index < -0.39 is 28.5 Å². The highest BCUT2D eigenvalue weighted by molar-refractivity contribution is 14.1.